The van der Waals surface area contributed by atoms with Gasteiger partial charge >= 0.3 is 0 Å². The van der Waals surface area contributed by atoms with Crippen LogP contribution in [0.25, 0.3) is 16.6 Å². The van der Waals surface area contributed by atoms with Crippen molar-refractivity contribution in [3.63, 3.8) is 0 Å². The lowest BCUT2D eigenvalue weighted by Crippen LogP contribution is -2.76. The average molecular weight is 446 g/mol. The number of ether oxygens (including phenoxy) is 2. The van der Waals surface area contributed by atoms with Crippen LogP contribution in [-0.2, 0) is 0 Å². The molecule has 2 aromatic carbocycles. The third-order valence-corrected chi connectivity index (χ3v) is 5.94. The normalized spacial score (nSPS) is 25.9. The van der Waals surface area contributed by atoms with Crippen molar-refractivity contribution in [3.8, 4) is 17.2 Å². The monoisotopic (exact) mass is 446 g/mol. The Morgan fingerprint density at radius 3 is 2.59 bits per heavy atom. The molecule has 1 aliphatic carbocycles. The van der Waals surface area contributed by atoms with Crippen molar-refractivity contribution in [2.45, 2.75) is 24.1 Å². The number of methoxy groups -OCH3 is 1. The smallest absolute Gasteiger partial charge is 0.270 e. The summed E-state index contributed by atoms with van der Waals surface area (Å²) in [4.78, 5) is 10.5. The molecule has 1 aliphatic rings. The Bertz CT molecular complexity index is 1160. The van der Waals surface area contributed by atoms with Gasteiger partial charge in [-0.1, -0.05) is 0 Å². The van der Waals surface area contributed by atoms with E-state index in [1.165, 1.54) is 25.3 Å². The highest BCUT2D eigenvalue weighted by molar-refractivity contribution is 5.84. The number of rotatable bonds is 7. The van der Waals surface area contributed by atoms with Crippen LogP contribution in [-0.4, -0.2) is 72.8 Å². The van der Waals surface area contributed by atoms with Gasteiger partial charge in [0.2, 0.25) is 6.29 Å². The molecule has 1 aromatic heterocycles. The first-order valence-corrected chi connectivity index (χ1v) is 9.70. The molecule has 170 valence electrons. The van der Waals surface area contributed by atoms with Crippen LogP contribution in [0, 0.1) is 16.0 Å². The third kappa shape index (κ3) is 3.27. The van der Waals surface area contributed by atoms with Gasteiger partial charge in [0.1, 0.15) is 6.10 Å². The van der Waals surface area contributed by atoms with Crippen molar-refractivity contribution in [3.05, 3.63) is 58.8 Å². The third-order valence-electron chi connectivity index (χ3n) is 5.94. The highest BCUT2D eigenvalue weighted by Crippen LogP contribution is 2.43. The molecule has 5 N–H and O–H groups in total. The van der Waals surface area contributed by atoms with E-state index in [0.29, 0.717) is 11.1 Å². The Balaban J connectivity index is 1.63. The predicted octanol–water partition coefficient (Wildman–Crippen LogP) is 0.319. The standard InChI is InChI=1S/C21H22N2O9/c1-31-17-9-12(22-7-6-11-8-13(23(29)30)2-4-15(11)22)3-5-16(17)32-20(27)21(28)14(10-24)18(25)19(21)26/h2-9,14,18-20,24-28H,10H2,1H3/t14?,18-,19?,20-,21?/m1/s1. The van der Waals surface area contributed by atoms with Crippen molar-refractivity contribution in [1.82, 2.24) is 4.57 Å². The first-order chi connectivity index (χ1) is 15.2. The average Bonchev–Trinajstić information content (AvgIpc) is 3.22. The largest absolute Gasteiger partial charge is 0.493 e. The molecule has 3 unspecified atom stereocenters. The summed E-state index contributed by atoms with van der Waals surface area (Å²) in [6.07, 6.45) is -3.31. The predicted molar refractivity (Wildman–Crippen MR) is 111 cm³/mol. The molecule has 0 spiro atoms. The number of hydrogen-bond donors (Lipinski definition) is 5. The molecule has 0 radical (unpaired) electrons. The van der Waals surface area contributed by atoms with Crippen molar-refractivity contribution < 1.29 is 39.9 Å². The second-order valence-electron chi connectivity index (χ2n) is 7.60. The number of nitrogens with zero attached hydrogens (tertiary/aromatic N) is 2. The molecular formula is C21H22N2O9. The van der Waals surface area contributed by atoms with Crippen LogP contribution in [0.2, 0.25) is 0 Å². The summed E-state index contributed by atoms with van der Waals surface area (Å²) in [5.41, 5.74) is -0.923. The zero-order chi connectivity index (χ0) is 23.2. The summed E-state index contributed by atoms with van der Waals surface area (Å²) in [7, 11) is 1.38. The molecule has 0 bridgehead atoms. The SMILES string of the molecule is COc1cc(-n2ccc3cc([N+](=O)[O-])ccc32)ccc1O[C@@H](O)C1(O)C(O)[C@H](O)C1CO. The highest BCUT2D eigenvalue weighted by atomic mass is 16.6. The quantitative estimate of drug-likeness (QED) is 0.195. The molecule has 1 fully saturated rings. The molecule has 11 heteroatoms. The zero-order valence-corrected chi connectivity index (χ0v) is 16.9. The fourth-order valence-electron chi connectivity index (χ4n) is 4.04. The van der Waals surface area contributed by atoms with Crippen LogP contribution in [0.15, 0.2) is 48.7 Å². The van der Waals surface area contributed by atoms with E-state index < -0.39 is 41.5 Å². The van der Waals surface area contributed by atoms with Crippen LogP contribution < -0.4 is 9.47 Å². The maximum atomic E-state index is 11.0. The van der Waals surface area contributed by atoms with E-state index >= 15 is 0 Å². The topological polar surface area (TPSA) is 168 Å². The lowest BCUT2D eigenvalue weighted by Gasteiger charge is -2.53. The minimum absolute atomic E-state index is 0.0204. The Kier molecular flexibility index (Phi) is 5.53. The number of nitro groups is 1. The Morgan fingerprint density at radius 1 is 1.19 bits per heavy atom. The molecule has 4 rings (SSSR count). The first-order valence-electron chi connectivity index (χ1n) is 9.70. The maximum absolute atomic E-state index is 11.0. The molecule has 1 heterocycles. The Morgan fingerprint density at radius 2 is 1.94 bits per heavy atom. The molecule has 32 heavy (non-hydrogen) atoms. The van der Waals surface area contributed by atoms with Crippen LogP contribution in [0.3, 0.4) is 0 Å². The minimum Gasteiger partial charge on any atom is -0.493 e. The van der Waals surface area contributed by atoms with Gasteiger partial charge in [0.05, 0.1) is 30.3 Å². The van der Waals surface area contributed by atoms with Gasteiger partial charge < -0.3 is 39.6 Å². The van der Waals surface area contributed by atoms with Crippen molar-refractivity contribution >= 4 is 16.6 Å². The zero-order valence-electron chi connectivity index (χ0n) is 16.9. The fraction of sp³-hybridized carbons (Fsp3) is 0.333. The molecule has 3 aromatic rings. The number of hydrogen-bond acceptors (Lipinski definition) is 9. The van der Waals surface area contributed by atoms with E-state index in [-0.39, 0.29) is 17.2 Å². The van der Waals surface area contributed by atoms with Crippen molar-refractivity contribution in [1.29, 1.82) is 0 Å². The van der Waals surface area contributed by atoms with Crippen LogP contribution in [0.4, 0.5) is 5.69 Å². The highest BCUT2D eigenvalue weighted by Gasteiger charge is 2.65. The lowest BCUT2D eigenvalue weighted by atomic mass is 9.64. The van der Waals surface area contributed by atoms with E-state index in [9.17, 15) is 35.6 Å². The number of benzene rings is 2. The maximum Gasteiger partial charge on any atom is 0.270 e. The summed E-state index contributed by atoms with van der Waals surface area (Å²) in [5.74, 6) is -0.938. The van der Waals surface area contributed by atoms with Gasteiger partial charge in [-0.2, -0.15) is 0 Å². The van der Waals surface area contributed by atoms with Gasteiger partial charge in [0.25, 0.3) is 5.69 Å². The number of aliphatic hydroxyl groups is 5. The fourth-order valence-corrected chi connectivity index (χ4v) is 4.04. The van der Waals surface area contributed by atoms with E-state index in [1.807, 2.05) is 0 Å². The Hall–Kier alpha value is -3.22. The van der Waals surface area contributed by atoms with E-state index in [2.05, 4.69) is 0 Å². The van der Waals surface area contributed by atoms with Crippen molar-refractivity contribution in [2.24, 2.45) is 5.92 Å². The summed E-state index contributed by atoms with van der Waals surface area (Å²) < 4.78 is 12.5. The molecular weight excluding hydrogens is 424 g/mol. The van der Waals surface area contributed by atoms with Crippen molar-refractivity contribution in [2.75, 3.05) is 13.7 Å². The van der Waals surface area contributed by atoms with E-state index in [1.54, 1.807) is 35.0 Å². The summed E-state index contributed by atoms with van der Waals surface area (Å²) in [5, 5.41) is 61.5. The molecule has 11 nitrogen and oxygen atoms in total. The van der Waals surface area contributed by atoms with Crippen LogP contribution in [0.5, 0.6) is 11.5 Å². The number of non-ortho nitro benzene ring substituents is 1. The van der Waals surface area contributed by atoms with Crippen LogP contribution in [0.1, 0.15) is 0 Å². The minimum atomic E-state index is -2.26. The van der Waals surface area contributed by atoms with E-state index in [0.717, 1.165) is 5.52 Å². The number of aliphatic hydroxyl groups excluding tert-OH is 4. The molecule has 0 saturated heterocycles. The molecule has 1 saturated carbocycles. The summed E-state index contributed by atoms with van der Waals surface area (Å²) >= 11 is 0. The molecule has 0 aliphatic heterocycles. The van der Waals surface area contributed by atoms with Gasteiger partial charge in [-0.05, 0) is 24.3 Å². The van der Waals surface area contributed by atoms with Gasteiger partial charge in [-0.3, -0.25) is 10.1 Å². The van der Waals surface area contributed by atoms with Gasteiger partial charge in [0, 0.05) is 41.4 Å². The molecule has 5 atom stereocenters. The second kappa shape index (κ2) is 8.04. The first kappa shape index (κ1) is 22.0. The number of nitro benzene ring substituents is 1. The van der Waals surface area contributed by atoms with E-state index in [4.69, 9.17) is 9.47 Å². The number of fused-ring (bicyclic) bond motifs is 1. The summed E-state index contributed by atoms with van der Waals surface area (Å²) in [6.45, 7) is -0.663. The van der Waals surface area contributed by atoms with Gasteiger partial charge in [-0.15, -0.1) is 0 Å². The Labute approximate surface area is 181 Å². The second-order valence-corrected chi connectivity index (χ2v) is 7.60. The number of aromatic nitrogens is 1. The van der Waals surface area contributed by atoms with Crippen LogP contribution >= 0.6 is 0 Å². The molecule has 0 amide bonds. The van der Waals surface area contributed by atoms with Gasteiger partial charge in [-0.25, -0.2) is 0 Å². The lowest BCUT2D eigenvalue weighted by molar-refractivity contribution is -0.384. The summed E-state index contributed by atoms with van der Waals surface area (Å²) in [6, 6.07) is 11.0. The van der Waals surface area contributed by atoms with Gasteiger partial charge in [0.15, 0.2) is 17.1 Å².